The van der Waals surface area contributed by atoms with E-state index < -0.39 is 28.5 Å². The smallest absolute Gasteiger partial charge is 0.244 e. The number of sulfonamides is 1. The predicted octanol–water partition coefficient (Wildman–Crippen LogP) is 6.24. The lowest BCUT2D eigenvalue weighted by molar-refractivity contribution is -0.140. The van der Waals surface area contributed by atoms with Crippen LogP contribution in [0.3, 0.4) is 0 Å². The number of rotatable bonds is 16. The van der Waals surface area contributed by atoms with Crippen molar-refractivity contribution in [2.24, 2.45) is 0 Å². The fraction of sp³-hybridized carbons (Fsp3) is 0.278. The van der Waals surface area contributed by atoms with Crippen LogP contribution < -0.4 is 14.4 Å². The molecule has 0 bridgehead atoms. The normalized spacial score (nSPS) is 11.8. The number of carbonyl (C=O) groups is 2. The van der Waals surface area contributed by atoms with Gasteiger partial charge in [0.05, 0.1) is 11.9 Å². The first-order valence-corrected chi connectivity index (χ1v) is 17.5. The first-order valence-electron chi connectivity index (χ1n) is 15.2. The number of halogens is 1. The quantitative estimate of drug-likeness (QED) is 0.143. The van der Waals surface area contributed by atoms with Gasteiger partial charge in [-0.05, 0) is 53.4 Å². The van der Waals surface area contributed by atoms with Gasteiger partial charge < -0.3 is 15.0 Å². The Morgan fingerprint density at radius 3 is 2.07 bits per heavy atom. The van der Waals surface area contributed by atoms with E-state index in [0.717, 1.165) is 34.5 Å². The number of nitrogens with zero attached hydrogens (tertiary/aromatic N) is 2. The number of carbonyl (C=O) groups excluding carboxylic acids is 2. The molecule has 0 saturated heterocycles. The maximum atomic E-state index is 14.3. The number of nitrogens with one attached hydrogen (secondary N) is 1. The number of benzene rings is 4. The number of amides is 2. The Kier molecular flexibility index (Phi) is 12.6. The second-order valence-corrected chi connectivity index (χ2v) is 13.3. The molecule has 0 aromatic heterocycles. The predicted molar refractivity (Wildman–Crippen MR) is 183 cm³/mol. The molecule has 1 atom stereocenters. The molecule has 0 aliphatic heterocycles. The summed E-state index contributed by atoms with van der Waals surface area (Å²) in [4.78, 5) is 29.4. The number of ether oxygens (including phenoxy) is 1. The lowest BCUT2D eigenvalue weighted by Gasteiger charge is -2.33. The summed E-state index contributed by atoms with van der Waals surface area (Å²) in [6.07, 6.45) is 2.97. The van der Waals surface area contributed by atoms with Gasteiger partial charge in [-0.15, -0.1) is 0 Å². The van der Waals surface area contributed by atoms with E-state index in [2.05, 4.69) is 5.32 Å². The van der Waals surface area contributed by atoms with E-state index in [9.17, 15) is 18.0 Å². The van der Waals surface area contributed by atoms with Crippen LogP contribution in [0, 0.1) is 0 Å². The summed E-state index contributed by atoms with van der Waals surface area (Å²) in [5.74, 6) is -0.302. The molecule has 0 aliphatic carbocycles. The van der Waals surface area contributed by atoms with Crippen LogP contribution in [0.15, 0.2) is 109 Å². The van der Waals surface area contributed by atoms with Gasteiger partial charge in [0, 0.05) is 24.5 Å². The molecule has 242 valence electrons. The van der Waals surface area contributed by atoms with Crippen molar-refractivity contribution in [3.8, 4) is 5.75 Å². The van der Waals surface area contributed by atoms with Crippen molar-refractivity contribution in [2.75, 3.05) is 23.7 Å². The van der Waals surface area contributed by atoms with Crippen LogP contribution in [-0.2, 0) is 39.2 Å². The topological polar surface area (TPSA) is 96.0 Å². The van der Waals surface area contributed by atoms with Crippen LogP contribution in [0.4, 0.5) is 5.69 Å². The van der Waals surface area contributed by atoms with Gasteiger partial charge in [-0.3, -0.25) is 13.9 Å². The fourth-order valence-electron chi connectivity index (χ4n) is 4.93. The standard InChI is InChI=1S/C36H40ClN3O5S/c1-3-4-23-38-36(42)34(24-28-13-7-5-8-14-28)39(25-30-17-11-12-18-33(30)37)35(41)26-40(46(2,43)44)31-19-21-32(22-20-31)45-27-29-15-9-6-10-16-29/h5-22,34H,3-4,23-27H2,1-2H3,(H,38,42). The molecule has 4 rings (SSSR count). The maximum Gasteiger partial charge on any atom is 0.244 e. The van der Waals surface area contributed by atoms with E-state index in [-0.39, 0.29) is 18.9 Å². The van der Waals surface area contributed by atoms with Gasteiger partial charge in [-0.1, -0.05) is 104 Å². The van der Waals surface area contributed by atoms with Gasteiger partial charge in [-0.2, -0.15) is 0 Å². The van der Waals surface area contributed by atoms with E-state index in [0.29, 0.717) is 35.2 Å². The highest BCUT2D eigenvalue weighted by Crippen LogP contribution is 2.25. The third-order valence-corrected chi connectivity index (χ3v) is 8.96. The molecule has 46 heavy (non-hydrogen) atoms. The van der Waals surface area contributed by atoms with Gasteiger partial charge in [0.15, 0.2) is 0 Å². The summed E-state index contributed by atoms with van der Waals surface area (Å²) in [6.45, 7) is 2.35. The van der Waals surface area contributed by atoms with E-state index in [1.807, 2.05) is 73.7 Å². The highest BCUT2D eigenvalue weighted by molar-refractivity contribution is 7.92. The SMILES string of the molecule is CCCCNC(=O)C(Cc1ccccc1)N(Cc1ccccc1Cl)C(=O)CN(c1ccc(OCc2ccccc2)cc1)S(C)(=O)=O. The summed E-state index contributed by atoms with van der Waals surface area (Å²) < 4.78 is 33.1. The van der Waals surface area contributed by atoms with Gasteiger partial charge in [-0.25, -0.2) is 8.42 Å². The number of anilines is 1. The molecule has 0 saturated carbocycles. The molecule has 0 heterocycles. The lowest BCUT2D eigenvalue weighted by Crippen LogP contribution is -2.53. The molecule has 10 heteroatoms. The number of hydrogen-bond acceptors (Lipinski definition) is 5. The Balaban J connectivity index is 1.64. The van der Waals surface area contributed by atoms with Crippen LogP contribution in [-0.4, -0.2) is 50.5 Å². The third kappa shape index (κ3) is 10.1. The first kappa shape index (κ1) is 34.5. The second-order valence-electron chi connectivity index (χ2n) is 11.0. The van der Waals surface area contributed by atoms with Crippen molar-refractivity contribution in [1.82, 2.24) is 10.2 Å². The van der Waals surface area contributed by atoms with Gasteiger partial charge in [0.2, 0.25) is 21.8 Å². The first-order chi connectivity index (χ1) is 22.2. The Hall–Kier alpha value is -4.34. The van der Waals surface area contributed by atoms with E-state index in [4.69, 9.17) is 16.3 Å². The van der Waals surface area contributed by atoms with Crippen LogP contribution >= 0.6 is 11.6 Å². The van der Waals surface area contributed by atoms with E-state index in [1.54, 1.807) is 42.5 Å². The summed E-state index contributed by atoms with van der Waals surface area (Å²) in [6, 6.07) is 31.8. The number of unbranched alkanes of at least 4 members (excludes halogenated alkanes) is 1. The molecular weight excluding hydrogens is 622 g/mol. The van der Waals surface area contributed by atoms with Crippen molar-refractivity contribution in [1.29, 1.82) is 0 Å². The van der Waals surface area contributed by atoms with Crippen molar-refractivity contribution < 1.29 is 22.7 Å². The zero-order chi connectivity index (χ0) is 32.9. The highest BCUT2D eigenvalue weighted by Gasteiger charge is 2.33. The maximum absolute atomic E-state index is 14.3. The Morgan fingerprint density at radius 2 is 1.46 bits per heavy atom. The monoisotopic (exact) mass is 661 g/mol. The van der Waals surface area contributed by atoms with Crippen LogP contribution in [0.25, 0.3) is 0 Å². The molecule has 1 N–H and O–H groups in total. The largest absolute Gasteiger partial charge is 0.489 e. The molecule has 1 unspecified atom stereocenters. The van der Waals surface area contributed by atoms with Crippen LogP contribution in [0.2, 0.25) is 5.02 Å². The third-order valence-electron chi connectivity index (χ3n) is 7.45. The molecule has 2 amide bonds. The van der Waals surface area contributed by atoms with E-state index >= 15 is 0 Å². The highest BCUT2D eigenvalue weighted by atomic mass is 35.5. The van der Waals surface area contributed by atoms with Crippen molar-refractivity contribution in [3.63, 3.8) is 0 Å². The lowest BCUT2D eigenvalue weighted by atomic mass is 10.0. The summed E-state index contributed by atoms with van der Waals surface area (Å²) in [5, 5.41) is 3.41. The van der Waals surface area contributed by atoms with Gasteiger partial charge in [0.25, 0.3) is 0 Å². The molecule has 4 aromatic rings. The molecule has 8 nitrogen and oxygen atoms in total. The molecule has 0 spiro atoms. The molecule has 0 aliphatic rings. The average Bonchev–Trinajstić information content (AvgIpc) is 3.06. The summed E-state index contributed by atoms with van der Waals surface area (Å²) in [5.41, 5.74) is 2.80. The molecule has 0 radical (unpaired) electrons. The van der Waals surface area contributed by atoms with Gasteiger partial charge >= 0.3 is 0 Å². The zero-order valence-corrected chi connectivity index (χ0v) is 27.7. The minimum Gasteiger partial charge on any atom is -0.489 e. The minimum absolute atomic E-state index is 0.0150. The second kappa shape index (κ2) is 16.8. The van der Waals surface area contributed by atoms with Crippen molar-refractivity contribution >= 4 is 39.1 Å². The Labute approximate surface area is 277 Å². The zero-order valence-electron chi connectivity index (χ0n) is 26.1. The van der Waals surface area contributed by atoms with Crippen LogP contribution in [0.1, 0.15) is 36.5 Å². The van der Waals surface area contributed by atoms with Crippen LogP contribution in [0.5, 0.6) is 5.75 Å². The summed E-state index contributed by atoms with van der Waals surface area (Å²) >= 11 is 6.52. The molecule has 0 fully saturated rings. The minimum atomic E-state index is -3.90. The van der Waals surface area contributed by atoms with Gasteiger partial charge in [0.1, 0.15) is 24.9 Å². The van der Waals surface area contributed by atoms with Crippen molar-refractivity contribution in [2.45, 2.75) is 45.4 Å². The molecule has 4 aromatic carbocycles. The number of hydrogen-bond donors (Lipinski definition) is 1. The Bertz CT molecular complexity index is 1670. The average molecular weight is 662 g/mol. The van der Waals surface area contributed by atoms with Crippen molar-refractivity contribution in [3.05, 3.63) is 131 Å². The molecular formula is C36H40ClN3O5S. The fourth-order valence-corrected chi connectivity index (χ4v) is 5.98. The van der Waals surface area contributed by atoms with E-state index in [1.165, 1.54) is 4.90 Å². The summed E-state index contributed by atoms with van der Waals surface area (Å²) in [7, 11) is -3.90. The Morgan fingerprint density at radius 1 is 0.848 bits per heavy atom.